The molecule has 1 aliphatic rings. The fourth-order valence-corrected chi connectivity index (χ4v) is 3.31. The van der Waals surface area contributed by atoms with Crippen LogP contribution < -0.4 is 5.32 Å². The second-order valence-electron chi connectivity index (χ2n) is 7.05. The summed E-state index contributed by atoms with van der Waals surface area (Å²) in [4.78, 5) is 26.6. The van der Waals surface area contributed by atoms with Gasteiger partial charge in [-0.3, -0.25) is 14.5 Å². The molecule has 0 saturated heterocycles. The third-order valence-electron chi connectivity index (χ3n) is 4.61. The molecule has 154 valence electrons. The average molecular weight is 417 g/mol. The fraction of sp³-hybridized carbons (Fsp3) is 0.381. The molecule has 1 N–H and O–H groups in total. The van der Waals surface area contributed by atoms with Gasteiger partial charge in [-0.05, 0) is 43.3 Å². The minimum Gasteiger partial charge on any atom is -0.467 e. The highest BCUT2D eigenvalue weighted by Crippen LogP contribution is 2.33. The van der Waals surface area contributed by atoms with Crippen molar-refractivity contribution in [1.82, 2.24) is 15.2 Å². The van der Waals surface area contributed by atoms with E-state index in [0.29, 0.717) is 23.7 Å². The monoisotopic (exact) mass is 416 g/mol. The number of hydrogen-bond acceptors (Lipinski definition) is 5. The van der Waals surface area contributed by atoms with Crippen LogP contribution in [-0.2, 0) is 9.59 Å². The molecule has 7 nitrogen and oxygen atoms in total. The van der Waals surface area contributed by atoms with Crippen LogP contribution in [0.5, 0.6) is 0 Å². The Labute approximate surface area is 175 Å². The van der Waals surface area contributed by atoms with Crippen LogP contribution in [-0.4, -0.2) is 54.1 Å². The van der Waals surface area contributed by atoms with Crippen molar-refractivity contribution in [2.24, 2.45) is 5.10 Å². The number of halogens is 1. The molecule has 2 heterocycles. The van der Waals surface area contributed by atoms with Crippen LogP contribution in [0, 0.1) is 0 Å². The van der Waals surface area contributed by atoms with Gasteiger partial charge in [0.2, 0.25) is 5.91 Å². The summed E-state index contributed by atoms with van der Waals surface area (Å²) in [7, 11) is 1.74. The van der Waals surface area contributed by atoms with Gasteiger partial charge in [0.25, 0.3) is 5.91 Å². The van der Waals surface area contributed by atoms with Crippen LogP contribution in [0.4, 0.5) is 0 Å². The number of carbonyl (C=O) groups is 2. The van der Waals surface area contributed by atoms with Gasteiger partial charge in [0, 0.05) is 18.0 Å². The molecule has 0 aliphatic carbocycles. The van der Waals surface area contributed by atoms with Crippen molar-refractivity contribution in [3.05, 3.63) is 59.0 Å². The third-order valence-corrected chi connectivity index (χ3v) is 4.86. The summed E-state index contributed by atoms with van der Waals surface area (Å²) in [6.45, 7) is 2.85. The van der Waals surface area contributed by atoms with E-state index in [0.717, 1.165) is 17.7 Å². The summed E-state index contributed by atoms with van der Waals surface area (Å²) < 4.78 is 5.55. The highest BCUT2D eigenvalue weighted by molar-refractivity contribution is 6.30. The molecular formula is C21H25ClN4O3. The zero-order chi connectivity index (χ0) is 20.8. The Morgan fingerprint density at radius 3 is 2.69 bits per heavy atom. The molecule has 0 unspecified atom stereocenters. The van der Waals surface area contributed by atoms with Gasteiger partial charge in [-0.1, -0.05) is 30.7 Å². The van der Waals surface area contributed by atoms with E-state index in [4.69, 9.17) is 16.0 Å². The Morgan fingerprint density at radius 2 is 2.03 bits per heavy atom. The molecule has 0 spiro atoms. The first-order chi connectivity index (χ1) is 14.0. The summed E-state index contributed by atoms with van der Waals surface area (Å²) in [5, 5.41) is 9.49. The molecule has 0 bridgehead atoms. The molecule has 0 radical (unpaired) electrons. The molecule has 1 aromatic carbocycles. The Balaban J connectivity index is 1.73. The molecule has 29 heavy (non-hydrogen) atoms. The molecule has 2 aromatic rings. The minimum atomic E-state index is -0.314. The predicted molar refractivity (Wildman–Crippen MR) is 112 cm³/mol. The molecule has 3 rings (SSSR count). The van der Waals surface area contributed by atoms with Crippen LogP contribution in [0.15, 0.2) is 52.2 Å². The van der Waals surface area contributed by atoms with Crippen molar-refractivity contribution in [1.29, 1.82) is 0 Å². The Morgan fingerprint density at radius 1 is 1.28 bits per heavy atom. The van der Waals surface area contributed by atoms with Crippen LogP contribution in [0.1, 0.15) is 37.1 Å². The quantitative estimate of drug-likeness (QED) is 0.717. The van der Waals surface area contributed by atoms with E-state index < -0.39 is 0 Å². The van der Waals surface area contributed by atoms with E-state index in [2.05, 4.69) is 10.4 Å². The minimum absolute atomic E-state index is 0.0775. The first kappa shape index (κ1) is 21.1. The summed E-state index contributed by atoms with van der Waals surface area (Å²) in [6, 6.07) is 10.7. The number of nitrogens with zero attached hydrogens (tertiary/aromatic N) is 3. The van der Waals surface area contributed by atoms with Crippen LogP contribution in [0.3, 0.4) is 0 Å². The summed E-state index contributed by atoms with van der Waals surface area (Å²) in [6.07, 6.45) is 3.00. The van der Waals surface area contributed by atoms with Gasteiger partial charge < -0.3 is 9.73 Å². The maximum atomic E-state index is 13.0. The molecular weight excluding hydrogens is 392 g/mol. The molecule has 1 aromatic heterocycles. The first-order valence-corrected chi connectivity index (χ1v) is 10.00. The van der Waals surface area contributed by atoms with Crippen molar-refractivity contribution < 1.29 is 14.0 Å². The SMILES string of the molecule is CCCNC(=O)CN(C)CC(=O)N1N=C(c2ccc(Cl)cc2)C[C@H]1c1ccco1. The Bertz CT molecular complexity index is 865. The molecule has 2 amide bonds. The third kappa shape index (κ3) is 5.46. The topological polar surface area (TPSA) is 78.2 Å². The second kappa shape index (κ2) is 9.71. The number of rotatable bonds is 8. The van der Waals surface area contributed by atoms with E-state index >= 15 is 0 Å². The molecule has 0 fully saturated rings. The lowest BCUT2D eigenvalue weighted by Gasteiger charge is -2.23. The van der Waals surface area contributed by atoms with E-state index in [9.17, 15) is 9.59 Å². The molecule has 1 aliphatic heterocycles. The van der Waals surface area contributed by atoms with Gasteiger partial charge in [-0.25, -0.2) is 5.01 Å². The Kier molecular flexibility index (Phi) is 7.06. The largest absolute Gasteiger partial charge is 0.467 e. The van der Waals surface area contributed by atoms with E-state index in [1.54, 1.807) is 36.4 Å². The number of benzene rings is 1. The van der Waals surface area contributed by atoms with Gasteiger partial charge in [-0.15, -0.1) is 0 Å². The molecule has 0 saturated carbocycles. The number of carbonyl (C=O) groups excluding carboxylic acids is 2. The Hall–Kier alpha value is -2.64. The number of nitrogens with one attached hydrogen (secondary N) is 1. The first-order valence-electron chi connectivity index (χ1n) is 9.62. The van der Waals surface area contributed by atoms with Crippen molar-refractivity contribution >= 4 is 29.1 Å². The number of hydrogen-bond donors (Lipinski definition) is 1. The zero-order valence-corrected chi connectivity index (χ0v) is 17.4. The maximum Gasteiger partial charge on any atom is 0.257 e. The normalized spacial score (nSPS) is 16.2. The van der Waals surface area contributed by atoms with E-state index in [-0.39, 0.29) is 30.9 Å². The van der Waals surface area contributed by atoms with Gasteiger partial charge in [0.15, 0.2) is 0 Å². The smallest absolute Gasteiger partial charge is 0.257 e. The fourth-order valence-electron chi connectivity index (χ4n) is 3.18. The maximum absolute atomic E-state index is 13.0. The molecule has 8 heteroatoms. The lowest BCUT2D eigenvalue weighted by molar-refractivity contribution is -0.134. The summed E-state index contributed by atoms with van der Waals surface area (Å²) in [5.41, 5.74) is 1.70. The second-order valence-corrected chi connectivity index (χ2v) is 7.49. The lowest BCUT2D eigenvalue weighted by Crippen LogP contribution is -2.41. The van der Waals surface area contributed by atoms with Crippen molar-refractivity contribution in [2.45, 2.75) is 25.8 Å². The van der Waals surface area contributed by atoms with Crippen molar-refractivity contribution in [2.75, 3.05) is 26.7 Å². The number of amides is 2. The predicted octanol–water partition coefficient (Wildman–Crippen LogP) is 3.07. The molecule has 1 atom stereocenters. The van der Waals surface area contributed by atoms with E-state index in [1.807, 2.05) is 25.1 Å². The zero-order valence-electron chi connectivity index (χ0n) is 16.6. The van der Waals surface area contributed by atoms with Gasteiger partial charge >= 0.3 is 0 Å². The van der Waals surface area contributed by atoms with Crippen molar-refractivity contribution in [3.8, 4) is 0 Å². The number of likely N-dealkylation sites (N-methyl/N-ethyl adjacent to an activating group) is 1. The standard InChI is InChI=1S/C21H25ClN4O3/c1-3-10-23-20(27)13-25(2)14-21(28)26-18(19-5-4-11-29-19)12-17(24-26)15-6-8-16(22)9-7-15/h4-9,11,18H,3,10,12-14H2,1-2H3,(H,23,27)/t18-/m0/s1. The van der Waals surface area contributed by atoms with Gasteiger partial charge in [0.1, 0.15) is 11.8 Å². The van der Waals surface area contributed by atoms with Gasteiger partial charge in [-0.2, -0.15) is 5.10 Å². The highest BCUT2D eigenvalue weighted by atomic mass is 35.5. The number of hydrazone groups is 1. The van der Waals surface area contributed by atoms with E-state index in [1.165, 1.54) is 5.01 Å². The summed E-state index contributed by atoms with van der Waals surface area (Å²) in [5.74, 6) is 0.382. The van der Waals surface area contributed by atoms with Crippen molar-refractivity contribution in [3.63, 3.8) is 0 Å². The van der Waals surface area contributed by atoms with Crippen LogP contribution >= 0.6 is 11.6 Å². The van der Waals surface area contributed by atoms with Crippen LogP contribution in [0.2, 0.25) is 5.02 Å². The summed E-state index contributed by atoms with van der Waals surface area (Å²) >= 11 is 5.98. The average Bonchev–Trinajstić information content (AvgIpc) is 3.36. The lowest BCUT2D eigenvalue weighted by atomic mass is 10.0. The van der Waals surface area contributed by atoms with Gasteiger partial charge in [0.05, 0.1) is 25.1 Å². The number of furan rings is 1. The van der Waals surface area contributed by atoms with Crippen LogP contribution in [0.25, 0.3) is 0 Å². The highest BCUT2D eigenvalue weighted by Gasteiger charge is 2.35.